The van der Waals surface area contributed by atoms with Crippen LogP contribution in [0.25, 0.3) is 21.5 Å². The zero-order valence-electron chi connectivity index (χ0n) is 59.0. The lowest BCUT2D eigenvalue weighted by Gasteiger charge is -2.30. The van der Waals surface area contributed by atoms with Gasteiger partial charge in [-0.15, -0.1) is 0 Å². The number of carboxylic acids is 3. The van der Waals surface area contributed by atoms with E-state index in [2.05, 4.69) is 104 Å². The highest BCUT2D eigenvalue weighted by Gasteiger charge is 2.47. The fourth-order valence-electron chi connectivity index (χ4n) is 13.6. The predicted octanol–water partition coefficient (Wildman–Crippen LogP) is 4.18. The van der Waals surface area contributed by atoms with Crippen LogP contribution in [0.2, 0.25) is 0 Å². The first-order chi connectivity index (χ1) is 49.7. The quantitative estimate of drug-likeness (QED) is 0.0110. The molecule has 0 aliphatic carbocycles. The predicted molar refractivity (Wildman–Crippen MR) is 399 cm³/mol. The van der Waals surface area contributed by atoms with Crippen molar-refractivity contribution in [2.75, 3.05) is 55.7 Å². The Morgan fingerprint density at radius 1 is 0.731 bits per heavy atom. The molecule has 0 aromatic heterocycles. The number of guanidine groups is 1. The monoisotopic (exact) mass is 1470 g/mol. The van der Waals surface area contributed by atoms with Crippen molar-refractivity contribution in [3.8, 4) is 0 Å². The molecule has 4 aliphatic heterocycles. The van der Waals surface area contributed by atoms with Crippen molar-refractivity contribution in [3.63, 3.8) is 0 Å². The summed E-state index contributed by atoms with van der Waals surface area (Å²) >= 11 is 0. The Hall–Kier alpha value is -10.1. The van der Waals surface area contributed by atoms with Gasteiger partial charge in [0.2, 0.25) is 52.9 Å². The molecule has 2 unspecified atom stereocenters. The molecule has 4 aromatic rings. The van der Waals surface area contributed by atoms with Gasteiger partial charge in [0.25, 0.3) is 0 Å². The highest BCUT2D eigenvalue weighted by Crippen LogP contribution is 2.51. The molecule has 0 spiro atoms. The van der Waals surface area contributed by atoms with E-state index >= 15 is 0 Å². The second-order valence-corrected chi connectivity index (χ2v) is 29.5. The number of fused-ring (bicyclic) bond motifs is 7. The van der Waals surface area contributed by atoms with Crippen molar-refractivity contribution in [1.82, 2.24) is 42.1 Å². The molecule has 7 atom stereocenters. The third kappa shape index (κ3) is 20.2. The number of nitrogens with one attached hydrogen (secondary N) is 7. The highest BCUT2D eigenvalue weighted by atomic mass is 33.1. The first kappa shape index (κ1) is 79.6. The number of hydrogen-bond acceptors (Lipinski definition) is 16. The second kappa shape index (κ2) is 36.9. The van der Waals surface area contributed by atoms with Gasteiger partial charge in [-0.2, -0.15) is 4.58 Å². The Morgan fingerprint density at radius 2 is 1.39 bits per heavy atom. The van der Waals surface area contributed by atoms with Crippen LogP contribution in [0.5, 0.6) is 0 Å². The molecule has 8 amide bonds. The number of nitrogens with two attached hydrogens (primary N) is 2. The summed E-state index contributed by atoms with van der Waals surface area (Å²) < 4.78 is 2.09. The summed E-state index contributed by atoms with van der Waals surface area (Å²) in [4.78, 5) is 157. The van der Waals surface area contributed by atoms with Crippen LogP contribution in [-0.4, -0.2) is 200 Å². The molecule has 15 N–H and O–H groups in total. The molecule has 4 aliphatic rings. The van der Waals surface area contributed by atoms with Crippen LogP contribution in [0, 0.1) is 0 Å². The van der Waals surface area contributed by atoms with Gasteiger partial charge in [0.15, 0.2) is 18.2 Å². The lowest BCUT2D eigenvalue weighted by Crippen LogP contribution is -2.60. The van der Waals surface area contributed by atoms with E-state index in [9.17, 15) is 73.2 Å². The Bertz CT molecular complexity index is 4110. The number of hydrogen-bond donors (Lipinski definition) is 13. The number of rotatable bonds is 25. The number of carbonyl (C=O) groups excluding carboxylic acids is 8. The molecule has 4 heterocycles. The van der Waals surface area contributed by atoms with Gasteiger partial charge in [-0.3, -0.25) is 52.9 Å². The van der Waals surface area contributed by atoms with E-state index in [1.165, 1.54) is 0 Å². The summed E-state index contributed by atoms with van der Waals surface area (Å²) in [5.74, 6) is -11.9. The molecular weight excluding hydrogens is 1380 g/mol. The normalized spacial score (nSPS) is 22.0. The van der Waals surface area contributed by atoms with E-state index in [-0.39, 0.29) is 88.6 Å². The molecule has 8 rings (SSSR count). The number of amides is 8. The van der Waals surface area contributed by atoms with Crippen molar-refractivity contribution < 1.29 is 77.7 Å². The third-order valence-electron chi connectivity index (χ3n) is 18.8. The number of carbonyl (C=O) groups is 11. The standard InChI is InChI=1S/C74H93N13O15S2/c1-6-7-11-24-49(71(101)102)81-68(98)53-43-104-103-42-52(65(95)78-40-60(90)79-48(25-18-35-77-72(75)76)66(96)82-50(39-62(93)94)67(97)83-51(41-88)70(100)87-36-19-26-56(87)69(99)84-53)80-59(89)33-37-85-54-31-29-44-20-14-16-22-46(44)63(54)73(2,3)57(85)27-12-9-8-10-13-28-58-74(4,5)64-47-23-17-15-21-45(47)30-32-55(64)86(58)38-34-61(91)92/h8-10,12-17,20-23,27-32,48-53,56,88H,6-7,11,18-19,24-26,33-43H2,1-5H3,(H13-,75,76,77,78,79,80,81,82,83,84,89,90,91,92,93,94,95,96,97,98,99,101,102)/p+1/t48-,49?,50-,51-,52+,53-,56?/m0/s1. The molecule has 2 saturated heterocycles. The van der Waals surface area contributed by atoms with Crippen LogP contribution < -0.4 is 53.6 Å². The number of allylic oxidation sites excluding steroid dienone is 8. The summed E-state index contributed by atoms with van der Waals surface area (Å²) in [6.45, 7) is 8.90. The average molecular weight is 1470 g/mol. The fraction of sp³-hybridized carbons (Fsp3) is 0.446. The molecule has 4 aromatic carbocycles. The Morgan fingerprint density at radius 3 is 2.08 bits per heavy atom. The molecule has 104 heavy (non-hydrogen) atoms. The Balaban J connectivity index is 1.07. The SMILES string of the molecule is CCCCCC(NC(=O)[C@@H]1CSSC[C@@H](NC(=O)CCN2/C(=C/C=C/C=C/C=C/C3=[N+](CCC(=O)O)c4ccc5ccccc5c4C3(C)C)C(C)(C)c3c2ccc2ccccc32)C(=O)NCC(=O)N[C@@H](CCCN=C(N)N)C(=O)N[C@@H](CC(=O)O)C(=O)N[C@@H](CO)C(=O)N2CCCC2C(=O)N1)C(=O)O. The van der Waals surface area contributed by atoms with Gasteiger partial charge in [-0.1, -0.05) is 147 Å². The first-order valence-corrected chi connectivity index (χ1v) is 37.3. The molecule has 0 saturated carbocycles. The van der Waals surface area contributed by atoms with E-state index in [0.29, 0.717) is 12.8 Å². The number of aliphatic carboxylic acids is 3. The number of aliphatic hydroxyl groups is 1. The zero-order chi connectivity index (χ0) is 75.4. The number of unbranched alkanes of at least 4 members (excludes halogenated alkanes) is 2. The Labute approximate surface area is 610 Å². The third-order valence-corrected chi connectivity index (χ3v) is 21.2. The van der Waals surface area contributed by atoms with Crippen molar-refractivity contribution >= 4 is 131 Å². The molecule has 0 bridgehead atoms. The number of anilines is 1. The lowest BCUT2D eigenvalue weighted by atomic mass is 9.79. The maximum Gasteiger partial charge on any atom is 0.326 e. The average Bonchev–Trinajstić information content (AvgIpc) is 1.58. The van der Waals surface area contributed by atoms with Crippen LogP contribution in [0.3, 0.4) is 0 Å². The maximum atomic E-state index is 14.6. The number of nitrogens with zero attached hydrogens (tertiary/aromatic N) is 4. The van der Waals surface area contributed by atoms with Crippen LogP contribution in [0.15, 0.2) is 126 Å². The van der Waals surface area contributed by atoms with Gasteiger partial charge in [0.05, 0.1) is 25.0 Å². The number of benzene rings is 4. The summed E-state index contributed by atoms with van der Waals surface area (Å²) in [5.41, 5.74) is 15.7. The second-order valence-electron chi connectivity index (χ2n) is 26.9. The highest BCUT2D eigenvalue weighted by molar-refractivity contribution is 8.76. The summed E-state index contributed by atoms with van der Waals surface area (Å²) in [6, 6.07) is 13.6. The lowest BCUT2D eigenvalue weighted by molar-refractivity contribution is -0.436. The number of carboxylic acid groups (broad SMARTS) is 3. The minimum atomic E-state index is -1.91. The van der Waals surface area contributed by atoms with E-state index in [1.54, 1.807) is 0 Å². The van der Waals surface area contributed by atoms with E-state index < -0.39 is 138 Å². The first-order valence-electron chi connectivity index (χ1n) is 34.8. The fourth-order valence-corrected chi connectivity index (χ4v) is 16.0. The summed E-state index contributed by atoms with van der Waals surface area (Å²) in [7, 11) is 2.00. The van der Waals surface area contributed by atoms with Crippen molar-refractivity contribution in [2.45, 2.75) is 158 Å². The molecule has 2 fully saturated rings. The van der Waals surface area contributed by atoms with E-state index in [0.717, 1.165) is 88.4 Å². The molecule has 28 nitrogen and oxygen atoms in total. The Kier molecular flexibility index (Phi) is 28.2. The zero-order valence-corrected chi connectivity index (χ0v) is 60.6. The van der Waals surface area contributed by atoms with Gasteiger partial charge < -0.3 is 78.9 Å². The maximum absolute atomic E-state index is 14.6. The minimum Gasteiger partial charge on any atom is -0.481 e. The van der Waals surface area contributed by atoms with Gasteiger partial charge in [-0.25, -0.2) is 4.79 Å². The van der Waals surface area contributed by atoms with Crippen LogP contribution in [-0.2, 0) is 63.6 Å². The van der Waals surface area contributed by atoms with E-state index in [1.807, 2.05) is 98.0 Å². The minimum absolute atomic E-state index is 0.0317. The van der Waals surface area contributed by atoms with Gasteiger partial charge in [0, 0.05) is 72.1 Å². The molecular formula is C74H94N13O15S2+. The topological polar surface area (TPSA) is 427 Å². The van der Waals surface area contributed by atoms with Crippen LogP contribution in [0.1, 0.15) is 116 Å². The molecule has 556 valence electrons. The van der Waals surface area contributed by atoms with E-state index in [4.69, 9.17) is 11.5 Å². The summed E-state index contributed by atoms with van der Waals surface area (Å²) in [6.07, 6.45) is 14.4. The van der Waals surface area contributed by atoms with Gasteiger partial charge >= 0.3 is 17.9 Å². The number of aliphatic imine (C=N–C) groups is 1. The van der Waals surface area contributed by atoms with Crippen molar-refractivity contribution in [2.24, 2.45) is 16.5 Å². The number of aliphatic hydroxyl groups excluding tert-OH is 1. The summed E-state index contributed by atoms with van der Waals surface area (Å²) in [5, 5.41) is 62.1. The van der Waals surface area contributed by atoms with Crippen molar-refractivity contribution in [1.29, 1.82) is 0 Å². The smallest absolute Gasteiger partial charge is 0.326 e. The molecule has 30 heteroatoms. The van der Waals surface area contributed by atoms with Gasteiger partial charge in [0.1, 0.15) is 48.7 Å². The van der Waals surface area contributed by atoms with Crippen LogP contribution >= 0.6 is 21.6 Å². The van der Waals surface area contributed by atoms with Crippen LogP contribution in [0.4, 0.5) is 11.4 Å². The van der Waals surface area contributed by atoms with Crippen molar-refractivity contribution in [3.05, 3.63) is 132 Å². The van der Waals surface area contributed by atoms with Gasteiger partial charge in [-0.05, 0) is 91.3 Å². The largest absolute Gasteiger partial charge is 0.481 e. The molecule has 0 radical (unpaired) electrons.